The van der Waals surface area contributed by atoms with Crippen LogP contribution in [0.4, 0.5) is 0 Å². The van der Waals surface area contributed by atoms with Gasteiger partial charge in [-0.15, -0.1) is 0 Å². The topological polar surface area (TPSA) is 52.1 Å². The summed E-state index contributed by atoms with van der Waals surface area (Å²) < 4.78 is 5.62. The molecule has 4 nitrogen and oxygen atoms in total. The summed E-state index contributed by atoms with van der Waals surface area (Å²) in [5.41, 5.74) is 1.20. The third-order valence-electron chi connectivity index (χ3n) is 2.41. The highest BCUT2D eigenvalue weighted by molar-refractivity contribution is 7.98. The second-order valence-electron chi connectivity index (χ2n) is 3.75. The quantitative estimate of drug-likeness (QED) is 0.488. The Balaban J connectivity index is 2.35. The molecule has 19 heavy (non-hydrogen) atoms. The Labute approximate surface area is 120 Å². The van der Waals surface area contributed by atoms with E-state index in [9.17, 15) is 4.79 Å². The fourth-order valence-electron chi connectivity index (χ4n) is 1.41. The number of hydrogen-bond acceptors (Lipinski definition) is 5. The van der Waals surface area contributed by atoms with Gasteiger partial charge >= 0.3 is 0 Å². The van der Waals surface area contributed by atoms with Gasteiger partial charge in [-0.25, -0.2) is 4.98 Å². The highest BCUT2D eigenvalue weighted by Gasteiger charge is 2.09. The molecule has 0 saturated carbocycles. The predicted octanol–water partition coefficient (Wildman–Crippen LogP) is 3.77. The van der Waals surface area contributed by atoms with Gasteiger partial charge in [-0.2, -0.15) is 4.98 Å². The van der Waals surface area contributed by atoms with Gasteiger partial charge in [0.1, 0.15) is 5.75 Å². The van der Waals surface area contributed by atoms with Gasteiger partial charge in [0.05, 0.1) is 5.56 Å². The van der Waals surface area contributed by atoms with Crippen molar-refractivity contribution in [1.82, 2.24) is 9.97 Å². The number of aryl methyl sites for hydroxylation is 1. The Morgan fingerprint density at radius 1 is 1.42 bits per heavy atom. The third kappa shape index (κ3) is 3.24. The molecule has 0 spiro atoms. The van der Waals surface area contributed by atoms with Crippen molar-refractivity contribution in [2.75, 3.05) is 6.26 Å². The fourth-order valence-corrected chi connectivity index (χ4v) is 1.86. The van der Waals surface area contributed by atoms with Gasteiger partial charge < -0.3 is 4.74 Å². The summed E-state index contributed by atoms with van der Waals surface area (Å²) in [7, 11) is 0. The van der Waals surface area contributed by atoms with Crippen LogP contribution in [0.2, 0.25) is 5.02 Å². The summed E-state index contributed by atoms with van der Waals surface area (Å²) in [5.74, 6) is 0.826. The first-order valence-corrected chi connectivity index (χ1v) is 7.04. The number of nitrogens with zero attached hydrogens (tertiary/aromatic N) is 2. The van der Waals surface area contributed by atoms with Crippen molar-refractivity contribution >= 4 is 29.6 Å². The lowest BCUT2D eigenvalue weighted by Crippen LogP contribution is -1.97. The first-order valence-electron chi connectivity index (χ1n) is 5.44. The van der Waals surface area contributed by atoms with Crippen molar-refractivity contribution in [3.8, 4) is 11.6 Å². The molecule has 0 radical (unpaired) electrons. The second-order valence-corrected chi connectivity index (χ2v) is 4.93. The van der Waals surface area contributed by atoms with Gasteiger partial charge in [0.15, 0.2) is 11.4 Å². The number of ether oxygens (including phenoxy) is 1. The molecule has 0 aliphatic heterocycles. The Kier molecular flexibility index (Phi) is 4.39. The molecule has 0 unspecified atom stereocenters. The second kappa shape index (κ2) is 6.04. The van der Waals surface area contributed by atoms with Gasteiger partial charge in [0.2, 0.25) is 5.88 Å². The average molecular weight is 295 g/mol. The van der Waals surface area contributed by atoms with Crippen LogP contribution in [0.25, 0.3) is 0 Å². The Morgan fingerprint density at radius 3 is 2.84 bits per heavy atom. The minimum atomic E-state index is 0.246. The zero-order valence-corrected chi connectivity index (χ0v) is 12.0. The van der Waals surface area contributed by atoms with E-state index in [2.05, 4.69) is 9.97 Å². The number of hydrogen-bond donors (Lipinski definition) is 0. The minimum absolute atomic E-state index is 0.246. The standard InChI is InChI=1S/C13H11ClN2O2S/c1-8-5-10(3-4-11(8)14)18-12-9(7-17)6-15-13(16-12)19-2/h3-7H,1-2H3. The van der Waals surface area contributed by atoms with E-state index in [4.69, 9.17) is 16.3 Å². The summed E-state index contributed by atoms with van der Waals surface area (Å²) >= 11 is 7.33. The first kappa shape index (κ1) is 13.8. The molecule has 0 bridgehead atoms. The monoisotopic (exact) mass is 294 g/mol. The SMILES string of the molecule is CSc1ncc(C=O)c(Oc2ccc(Cl)c(C)c2)n1. The summed E-state index contributed by atoms with van der Waals surface area (Å²) in [6.45, 7) is 1.88. The third-order valence-corrected chi connectivity index (χ3v) is 3.40. The zero-order valence-electron chi connectivity index (χ0n) is 10.4. The van der Waals surface area contributed by atoms with Crippen LogP contribution in [0.5, 0.6) is 11.6 Å². The number of thioether (sulfide) groups is 1. The molecule has 0 atom stereocenters. The molecule has 0 amide bonds. The Morgan fingerprint density at radius 2 is 2.21 bits per heavy atom. The van der Waals surface area contributed by atoms with Crippen LogP contribution < -0.4 is 4.74 Å². The molecule has 0 fully saturated rings. The molecule has 1 heterocycles. The molecule has 98 valence electrons. The lowest BCUT2D eigenvalue weighted by Gasteiger charge is -2.08. The molecule has 0 saturated heterocycles. The van der Waals surface area contributed by atoms with Crippen molar-refractivity contribution < 1.29 is 9.53 Å². The number of aldehydes is 1. The summed E-state index contributed by atoms with van der Waals surface area (Å²) in [6, 6.07) is 5.26. The Bertz CT molecular complexity index is 620. The van der Waals surface area contributed by atoms with E-state index >= 15 is 0 Å². The lowest BCUT2D eigenvalue weighted by molar-refractivity contribution is 0.112. The molecular formula is C13H11ClN2O2S. The van der Waals surface area contributed by atoms with E-state index in [1.54, 1.807) is 18.2 Å². The molecule has 6 heteroatoms. The van der Waals surface area contributed by atoms with E-state index < -0.39 is 0 Å². The lowest BCUT2D eigenvalue weighted by atomic mass is 10.2. The summed E-state index contributed by atoms with van der Waals surface area (Å²) in [5, 5.41) is 1.21. The fraction of sp³-hybridized carbons (Fsp3) is 0.154. The smallest absolute Gasteiger partial charge is 0.233 e. The number of carbonyl (C=O) groups is 1. The molecule has 0 N–H and O–H groups in total. The normalized spacial score (nSPS) is 10.3. The molecule has 1 aromatic carbocycles. The van der Waals surface area contributed by atoms with Gasteiger partial charge in [-0.1, -0.05) is 23.4 Å². The highest BCUT2D eigenvalue weighted by Crippen LogP contribution is 2.27. The van der Waals surface area contributed by atoms with Crippen LogP contribution in [0.15, 0.2) is 29.6 Å². The van der Waals surface area contributed by atoms with Gasteiger partial charge in [-0.05, 0) is 36.9 Å². The maximum absolute atomic E-state index is 11.0. The summed E-state index contributed by atoms with van der Waals surface area (Å²) in [4.78, 5) is 19.1. The highest BCUT2D eigenvalue weighted by atomic mass is 35.5. The van der Waals surface area contributed by atoms with Crippen LogP contribution in [0.1, 0.15) is 15.9 Å². The molecule has 0 aliphatic rings. The maximum atomic E-state index is 11.0. The molecule has 2 aromatic rings. The van der Waals surface area contributed by atoms with Crippen LogP contribution >= 0.6 is 23.4 Å². The van der Waals surface area contributed by atoms with Crippen molar-refractivity contribution in [1.29, 1.82) is 0 Å². The Hall–Kier alpha value is -1.59. The van der Waals surface area contributed by atoms with Crippen LogP contribution in [-0.4, -0.2) is 22.5 Å². The maximum Gasteiger partial charge on any atom is 0.233 e. The number of aromatic nitrogens is 2. The molecular weight excluding hydrogens is 284 g/mol. The van der Waals surface area contributed by atoms with Crippen LogP contribution in [-0.2, 0) is 0 Å². The van der Waals surface area contributed by atoms with Gasteiger partial charge in [0.25, 0.3) is 0 Å². The largest absolute Gasteiger partial charge is 0.438 e. The van der Waals surface area contributed by atoms with E-state index in [0.717, 1.165) is 5.56 Å². The van der Waals surface area contributed by atoms with Crippen LogP contribution in [0, 0.1) is 6.92 Å². The number of halogens is 1. The van der Waals surface area contributed by atoms with E-state index in [1.165, 1.54) is 18.0 Å². The van der Waals surface area contributed by atoms with E-state index in [1.807, 2.05) is 13.2 Å². The number of carbonyl (C=O) groups excluding carboxylic acids is 1. The van der Waals surface area contributed by atoms with Crippen LogP contribution in [0.3, 0.4) is 0 Å². The van der Waals surface area contributed by atoms with Crippen molar-refractivity contribution in [2.24, 2.45) is 0 Å². The molecule has 2 rings (SSSR count). The van der Waals surface area contributed by atoms with Gasteiger partial charge in [0, 0.05) is 11.2 Å². The van der Waals surface area contributed by atoms with Crippen molar-refractivity contribution in [3.63, 3.8) is 0 Å². The minimum Gasteiger partial charge on any atom is -0.438 e. The van der Waals surface area contributed by atoms with Gasteiger partial charge in [-0.3, -0.25) is 4.79 Å². The zero-order chi connectivity index (χ0) is 13.8. The number of rotatable bonds is 4. The predicted molar refractivity (Wildman–Crippen MR) is 75.5 cm³/mol. The van der Waals surface area contributed by atoms with E-state index in [0.29, 0.717) is 27.8 Å². The van der Waals surface area contributed by atoms with Crippen molar-refractivity contribution in [3.05, 3.63) is 40.5 Å². The molecule has 1 aromatic heterocycles. The van der Waals surface area contributed by atoms with Crippen molar-refractivity contribution in [2.45, 2.75) is 12.1 Å². The molecule has 0 aliphatic carbocycles. The van der Waals surface area contributed by atoms with E-state index in [-0.39, 0.29) is 5.88 Å². The number of benzene rings is 1. The first-order chi connectivity index (χ1) is 9.13. The summed E-state index contributed by atoms with van der Waals surface area (Å²) in [6.07, 6.45) is 3.97. The average Bonchev–Trinajstić information content (AvgIpc) is 2.43.